The summed E-state index contributed by atoms with van der Waals surface area (Å²) in [6.45, 7) is 4.47. The molecule has 1 saturated carbocycles. The van der Waals surface area contributed by atoms with Gasteiger partial charge in [-0.25, -0.2) is 0 Å². The fraction of sp³-hybridized carbons (Fsp3) is 0.938. The third-order valence-corrected chi connectivity index (χ3v) is 4.16. The molecule has 112 valence electrons. The molecule has 1 aliphatic heterocycles. The van der Waals surface area contributed by atoms with Gasteiger partial charge in [-0.05, 0) is 44.4 Å². The molecule has 2 aliphatic rings. The van der Waals surface area contributed by atoms with Gasteiger partial charge in [-0.15, -0.1) is 0 Å². The molecule has 19 heavy (non-hydrogen) atoms. The second kappa shape index (κ2) is 10.2. The van der Waals surface area contributed by atoms with E-state index in [1.165, 1.54) is 51.4 Å². The Labute approximate surface area is 118 Å². The zero-order valence-electron chi connectivity index (χ0n) is 12.6. The van der Waals surface area contributed by atoms with Gasteiger partial charge in [0.2, 0.25) is 5.91 Å². The van der Waals surface area contributed by atoms with Crippen LogP contribution in [-0.2, 0) is 4.79 Å². The Bertz CT molecular complexity index is 231. The molecule has 0 radical (unpaired) electrons. The van der Waals surface area contributed by atoms with Gasteiger partial charge >= 0.3 is 0 Å². The van der Waals surface area contributed by atoms with Crippen LogP contribution in [0.3, 0.4) is 0 Å². The van der Waals surface area contributed by atoms with Gasteiger partial charge in [-0.1, -0.05) is 26.2 Å². The Hall–Kier alpha value is -0.570. The smallest absolute Gasteiger partial charge is 0.222 e. The van der Waals surface area contributed by atoms with E-state index in [2.05, 4.69) is 6.92 Å². The number of nitrogens with zero attached hydrogens (tertiary/aromatic N) is 1. The van der Waals surface area contributed by atoms with E-state index in [1.807, 2.05) is 4.90 Å². The molecule has 2 rings (SSSR count). The molecule has 1 amide bonds. The summed E-state index contributed by atoms with van der Waals surface area (Å²) in [4.78, 5) is 13.3. The van der Waals surface area contributed by atoms with Crippen molar-refractivity contribution >= 4 is 5.91 Å². The van der Waals surface area contributed by atoms with E-state index < -0.39 is 0 Å². The van der Waals surface area contributed by atoms with Crippen LogP contribution in [0.15, 0.2) is 0 Å². The summed E-state index contributed by atoms with van der Waals surface area (Å²) in [5, 5.41) is 8.69. The number of aliphatic hydroxyl groups excluding tert-OH is 1. The van der Waals surface area contributed by atoms with Gasteiger partial charge in [0.1, 0.15) is 0 Å². The average Bonchev–Trinajstić information content (AvgIpc) is 2.50. The minimum absolute atomic E-state index is 0.354. The van der Waals surface area contributed by atoms with Crippen molar-refractivity contribution in [2.45, 2.75) is 71.1 Å². The minimum Gasteiger partial charge on any atom is -0.396 e. The summed E-state index contributed by atoms with van der Waals surface area (Å²) < 4.78 is 0. The molecular weight excluding hydrogens is 238 g/mol. The van der Waals surface area contributed by atoms with Crippen LogP contribution in [0.2, 0.25) is 0 Å². The summed E-state index contributed by atoms with van der Waals surface area (Å²) in [5.74, 6) is 0.996. The summed E-state index contributed by atoms with van der Waals surface area (Å²) in [7, 11) is 0. The Morgan fingerprint density at radius 3 is 2.11 bits per heavy atom. The number of hydrogen-bond donors (Lipinski definition) is 1. The first kappa shape index (κ1) is 16.5. The number of aliphatic hydroxyl groups is 1. The van der Waals surface area contributed by atoms with E-state index >= 15 is 0 Å². The highest BCUT2D eigenvalue weighted by atomic mass is 16.3. The molecule has 3 nitrogen and oxygen atoms in total. The van der Waals surface area contributed by atoms with Crippen LogP contribution >= 0.6 is 0 Å². The van der Waals surface area contributed by atoms with Crippen molar-refractivity contribution < 1.29 is 9.90 Å². The first-order valence-electron chi connectivity index (χ1n) is 8.16. The van der Waals surface area contributed by atoms with Crippen LogP contribution < -0.4 is 0 Å². The van der Waals surface area contributed by atoms with Gasteiger partial charge in [-0.2, -0.15) is 0 Å². The molecule has 2 fully saturated rings. The lowest BCUT2D eigenvalue weighted by molar-refractivity contribution is -0.132. The van der Waals surface area contributed by atoms with Crippen LogP contribution in [0.1, 0.15) is 71.1 Å². The molecule has 1 aliphatic carbocycles. The number of rotatable bonds is 3. The second-order valence-corrected chi connectivity index (χ2v) is 5.88. The molecule has 1 saturated heterocycles. The lowest BCUT2D eigenvalue weighted by Gasteiger charge is -2.26. The van der Waals surface area contributed by atoms with E-state index in [4.69, 9.17) is 5.11 Å². The Morgan fingerprint density at radius 1 is 1.05 bits per heavy atom. The van der Waals surface area contributed by atoms with Crippen molar-refractivity contribution in [1.82, 2.24) is 4.90 Å². The second-order valence-electron chi connectivity index (χ2n) is 5.88. The molecule has 0 spiro atoms. The SMILES string of the molecule is CCCC(=O)N1CCCCC1.OCC1CCCCC1. The molecular formula is C16H31NO2. The third kappa shape index (κ3) is 6.95. The summed E-state index contributed by atoms with van der Waals surface area (Å²) in [6, 6.07) is 0. The maximum atomic E-state index is 11.3. The van der Waals surface area contributed by atoms with Crippen molar-refractivity contribution in [3.63, 3.8) is 0 Å². The highest BCUT2D eigenvalue weighted by Gasteiger charge is 2.14. The quantitative estimate of drug-likeness (QED) is 0.853. The Kier molecular flexibility index (Phi) is 8.89. The van der Waals surface area contributed by atoms with Crippen LogP contribution in [0.4, 0.5) is 0 Å². The van der Waals surface area contributed by atoms with Gasteiger partial charge < -0.3 is 10.0 Å². The van der Waals surface area contributed by atoms with Crippen LogP contribution in [0.25, 0.3) is 0 Å². The van der Waals surface area contributed by atoms with Crippen molar-refractivity contribution in [3.8, 4) is 0 Å². The number of carbonyl (C=O) groups is 1. The molecule has 0 atom stereocenters. The zero-order chi connectivity index (χ0) is 13.9. The van der Waals surface area contributed by atoms with E-state index in [0.29, 0.717) is 18.4 Å². The topological polar surface area (TPSA) is 40.5 Å². The largest absolute Gasteiger partial charge is 0.396 e. The van der Waals surface area contributed by atoms with E-state index in [9.17, 15) is 4.79 Å². The normalized spacial score (nSPS) is 20.6. The summed E-state index contributed by atoms with van der Waals surface area (Å²) >= 11 is 0. The minimum atomic E-state index is 0.354. The van der Waals surface area contributed by atoms with Crippen molar-refractivity contribution in [2.24, 2.45) is 5.92 Å². The Balaban J connectivity index is 0.000000200. The molecule has 1 heterocycles. The van der Waals surface area contributed by atoms with E-state index in [-0.39, 0.29) is 0 Å². The van der Waals surface area contributed by atoms with E-state index in [1.54, 1.807) is 0 Å². The molecule has 0 aromatic carbocycles. The van der Waals surface area contributed by atoms with Crippen molar-refractivity contribution in [2.75, 3.05) is 19.7 Å². The van der Waals surface area contributed by atoms with Gasteiger partial charge in [-0.3, -0.25) is 4.79 Å². The summed E-state index contributed by atoms with van der Waals surface area (Å²) in [6.07, 6.45) is 12.0. The highest BCUT2D eigenvalue weighted by Crippen LogP contribution is 2.22. The van der Waals surface area contributed by atoms with Crippen LogP contribution in [0, 0.1) is 5.92 Å². The number of carbonyl (C=O) groups excluding carboxylic acids is 1. The lowest BCUT2D eigenvalue weighted by atomic mass is 9.90. The number of likely N-dealkylation sites (tertiary alicyclic amines) is 1. The standard InChI is InChI=1S/C9H17NO.C7H14O/c1-2-6-9(11)10-7-4-3-5-8-10;8-6-7-4-2-1-3-5-7/h2-8H2,1H3;7-8H,1-6H2. The predicted molar refractivity (Wildman–Crippen MR) is 79.0 cm³/mol. The number of piperidine rings is 1. The number of hydrogen-bond acceptors (Lipinski definition) is 2. The maximum Gasteiger partial charge on any atom is 0.222 e. The van der Waals surface area contributed by atoms with Gasteiger partial charge in [0, 0.05) is 26.1 Å². The molecule has 1 N–H and O–H groups in total. The first-order valence-corrected chi connectivity index (χ1v) is 8.16. The maximum absolute atomic E-state index is 11.3. The third-order valence-electron chi connectivity index (χ3n) is 4.16. The number of amides is 1. The van der Waals surface area contributed by atoms with Gasteiger partial charge in [0.05, 0.1) is 0 Å². The monoisotopic (exact) mass is 269 g/mol. The summed E-state index contributed by atoms with van der Waals surface area (Å²) in [5.41, 5.74) is 0. The zero-order valence-corrected chi connectivity index (χ0v) is 12.6. The molecule has 0 bridgehead atoms. The van der Waals surface area contributed by atoms with Crippen molar-refractivity contribution in [1.29, 1.82) is 0 Å². The Morgan fingerprint density at radius 2 is 1.63 bits per heavy atom. The average molecular weight is 269 g/mol. The van der Waals surface area contributed by atoms with Gasteiger partial charge in [0.15, 0.2) is 0 Å². The van der Waals surface area contributed by atoms with Crippen molar-refractivity contribution in [3.05, 3.63) is 0 Å². The predicted octanol–water partition coefficient (Wildman–Crippen LogP) is 3.36. The first-order chi connectivity index (χ1) is 9.27. The highest BCUT2D eigenvalue weighted by molar-refractivity contribution is 5.76. The molecule has 0 unspecified atom stereocenters. The molecule has 0 aromatic rings. The van der Waals surface area contributed by atoms with E-state index in [0.717, 1.165) is 25.9 Å². The fourth-order valence-corrected chi connectivity index (χ4v) is 2.89. The van der Waals surface area contributed by atoms with Crippen LogP contribution in [0.5, 0.6) is 0 Å². The fourth-order valence-electron chi connectivity index (χ4n) is 2.89. The molecule has 0 aromatic heterocycles. The van der Waals surface area contributed by atoms with Crippen LogP contribution in [-0.4, -0.2) is 35.6 Å². The lowest BCUT2D eigenvalue weighted by Crippen LogP contribution is -2.35. The van der Waals surface area contributed by atoms with Gasteiger partial charge in [0.25, 0.3) is 0 Å². The molecule has 3 heteroatoms.